The summed E-state index contributed by atoms with van der Waals surface area (Å²) >= 11 is 3.46. The molecular weight excluding hydrogens is 304 g/mol. The molecule has 0 aromatic heterocycles. The maximum atomic E-state index is 12.5. The van der Waals surface area contributed by atoms with Crippen LogP contribution in [0.4, 0.5) is 0 Å². The highest BCUT2D eigenvalue weighted by Gasteiger charge is 2.35. The molecule has 0 saturated carbocycles. The molecule has 2 rings (SSSR count). The van der Waals surface area contributed by atoms with Gasteiger partial charge in [0.05, 0.1) is 0 Å². The molecule has 4 heteroatoms. The van der Waals surface area contributed by atoms with Crippen LogP contribution in [0.25, 0.3) is 0 Å². The minimum atomic E-state index is -0.0156. The molecular formula is C15H21BrN2O. The number of halogens is 1. The molecule has 1 fully saturated rings. The Balaban J connectivity index is 2.18. The zero-order valence-electron chi connectivity index (χ0n) is 11.7. The van der Waals surface area contributed by atoms with Crippen LogP contribution in [0.5, 0.6) is 0 Å². The van der Waals surface area contributed by atoms with Gasteiger partial charge >= 0.3 is 0 Å². The summed E-state index contributed by atoms with van der Waals surface area (Å²) in [5.41, 5.74) is 7.94. The van der Waals surface area contributed by atoms with Crippen molar-refractivity contribution in [2.75, 3.05) is 13.1 Å². The molecule has 1 unspecified atom stereocenters. The highest BCUT2D eigenvalue weighted by molar-refractivity contribution is 9.10. The molecule has 3 nitrogen and oxygen atoms in total. The van der Waals surface area contributed by atoms with E-state index in [1.807, 2.05) is 30.0 Å². The van der Waals surface area contributed by atoms with Gasteiger partial charge in [-0.1, -0.05) is 29.8 Å². The maximum absolute atomic E-state index is 12.5. The van der Waals surface area contributed by atoms with Crippen LogP contribution in [0.1, 0.15) is 36.2 Å². The zero-order chi connectivity index (χ0) is 14.2. The number of nitrogens with two attached hydrogens (primary N) is 1. The van der Waals surface area contributed by atoms with Crippen molar-refractivity contribution < 1.29 is 4.79 Å². The number of benzene rings is 1. The third-order valence-corrected chi connectivity index (χ3v) is 4.89. The summed E-state index contributed by atoms with van der Waals surface area (Å²) in [5, 5.41) is 0. The largest absolute Gasteiger partial charge is 0.338 e. The lowest BCUT2D eigenvalue weighted by molar-refractivity contribution is 0.0533. The molecule has 1 amide bonds. The molecule has 1 saturated heterocycles. The number of hydrogen-bond donors (Lipinski definition) is 1. The minimum absolute atomic E-state index is 0.0156. The lowest BCUT2D eigenvalue weighted by Crippen LogP contribution is -2.54. The van der Waals surface area contributed by atoms with Crippen molar-refractivity contribution in [2.45, 2.75) is 33.2 Å². The lowest BCUT2D eigenvalue weighted by atomic mass is 9.79. The number of carbonyl (C=O) groups excluding carboxylic acids is 1. The number of carbonyl (C=O) groups is 1. The van der Waals surface area contributed by atoms with Crippen molar-refractivity contribution in [2.24, 2.45) is 11.1 Å². The van der Waals surface area contributed by atoms with E-state index in [4.69, 9.17) is 5.73 Å². The molecule has 0 aliphatic carbocycles. The summed E-state index contributed by atoms with van der Waals surface area (Å²) in [5.74, 6) is 0.107. The van der Waals surface area contributed by atoms with E-state index in [0.717, 1.165) is 35.1 Å². The van der Waals surface area contributed by atoms with Gasteiger partial charge < -0.3 is 10.6 Å². The smallest absolute Gasteiger partial charge is 0.253 e. The van der Waals surface area contributed by atoms with Crippen molar-refractivity contribution in [3.05, 3.63) is 33.8 Å². The highest BCUT2D eigenvalue weighted by Crippen LogP contribution is 2.29. The second kappa shape index (κ2) is 5.25. The number of likely N-dealkylation sites (tertiary alicyclic amines) is 1. The van der Waals surface area contributed by atoms with Crippen LogP contribution in [-0.2, 0) is 0 Å². The van der Waals surface area contributed by atoms with Gasteiger partial charge in [-0.3, -0.25) is 4.79 Å². The Kier molecular flexibility index (Phi) is 4.02. The number of nitrogens with zero attached hydrogens (tertiary/aromatic N) is 1. The van der Waals surface area contributed by atoms with Crippen molar-refractivity contribution >= 4 is 21.8 Å². The van der Waals surface area contributed by atoms with Gasteiger partial charge in [0.1, 0.15) is 0 Å². The fourth-order valence-electron chi connectivity index (χ4n) is 2.51. The van der Waals surface area contributed by atoms with Crippen LogP contribution in [0.15, 0.2) is 22.7 Å². The van der Waals surface area contributed by atoms with Crippen LogP contribution in [0.3, 0.4) is 0 Å². The Morgan fingerprint density at radius 1 is 1.47 bits per heavy atom. The quantitative estimate of drug-likeness (QED) is 0.863. The SMILES string of the molecule is Cc1cc(C(=O)N2CCC(N)C(C)(C)C2)ccc1Br. The molecule has 1 aliphatic rings. The van der Waals surface area contributed by atoms with Crippen molar-refractivity contribution in [3.63, 3.8) is 0 Å². The molecule has 0 spiro atoms. The highest BCUT2D eigenvalue weighted by atomic mass is 79.9. The first-order valence-corrected chi connectivity index (χ1v) is 7.41. The van der Waals surface area contributed by atoms with Crippen molar-refractivity contribution in [1.82, 2.24) is 4.90 Å². The van der Waals surface area contributed by atoms with Gasteiger partial charge in [-0.05, 0) is 42.5 Å². The normalized spacial score (nSPS) is 22.4. The number of piperidine rings is 1. The third-order valence-electron chi connectivity index (χ3n) is 4.00. The van der Waals surface area contributed by atoms with Gasteiger partial charge in [-0.2, -0.15) is 0 Å². The Morgan fingerprint density at radius 2 is 2.16 bits per heavy atom. The Morgan fingerprint density at radius 3 is 2.74 bits per heavy atom. The second-order valence-corrected chi connectivity index (χ2v) is 6.93. The van der Waals surface area contributed by atoms with E-state index in [9.17, 15) is 4.79 Å². The Bertz CT molecular complexity index is 499. The molecule has 1 aromatic rings. The third kappa shape index (κ3) is 3.00. The van der Waals surface area contributed by atoms with E-state index in [1.165, 1.54) is 0 Å². The van der Waals surface area contributed by atoms with E-state index in [1.54, 1.807) is 0 Å². The number of rotatable bonds is 1. The first-order valence-electron chi connectivity index (χ1n) is 6.62. The molecule has 1 heterocycles. The van der Waals surface area contributed by atoms with E-state index in [2.05, 4.69) is 29.8 Å². The summed E-state index contributed by atoms with van der Waals surface area (Å²) in [7, 11) is 0. The molecule has 19 heavy (non-hydrogen) atoms. The zero-order valence-corrected chi connectivity index (χ0v) is 13.3. The molecule has 1 aliphatic heterocycles. The maximum Gasteiger partial charge on any atom is 0.253 e. The number of amides is 1. The van der Waals surface area contributed by atoms with Crippen LogP contribution < -0.4 is 5.73 Å². The van der Waals surface area contributed by atoms with Gasteiger partial charge in [0, 0.05) is 29.2 Å². The lowest BCUT2D eigenvalue weighted by Gasteiger charge is -2.42. The number of aryl methyl sites for hydroxylation is 1. The average molecular weight is 325 g/mol. The predicted octanol–water partition coefficient (Wildman–Crippen LogP) is 2.96. The molecule has 1 atom stereocenters. The Hall–Kier alpha value is -0.870. The van der Waals surface area contributed by atoms with Gasteiger partial charge in [-0.25, -0.2) is 0 Å². The molecule has 1 aromatic carbocycles. The van der Waals surface area contributed by atoms with Gasteiger partial charge in [0.25, 0.3) is 5.91 Å². The van der Waals surface area contributed by atoms with Gasteiger partial charge in [0.15, 0.2) is 0 Å². The van der Waals surface area contributed by atoms with E-state index in [0.29, 0.717) is 0 Å². The van der Waals surface area contributed by atoms with Crippen LogP contribution in [0, 0.1) is 12.3 Å². The summed E-state index contributed by atoms with van der Waals surface area (Å²) in [6.07, 6.45) is 0.869. The molecule has 0 bridgehead atoms. The fraction of sp³-hybridized carbons (Fsp3) is 0.533. The van der Waals surface area contributed by atoms with Gasteiger partial charge in [0.2, 0.25) is 0 Å². The van der Waals surface area contributed by atoms with Crippen LogP contribution >= 0.6 is 15.9 Å². The second-order valence-electron chi connectivity index (χ2n) is 6.07. The van der Waals surface area contributed by atoms with E-state index < -0.39 is 0 Å². The van der Waals surface area contributed by atoms with Crippen molar-refractivity contribution in [3.8, 4) is 0 Å². The topological polar surface area (TPSA) is 46.3 Å². The summed E-state index contributed by atoms with van der Waals surface area (Å²) < 4.78 is 1.03. The molecule has 0 radical (unpaired) electrons. The summed E-state index contributed by atoms with van der Waals surface area (Å²) in [6.45, 7) is 7.73. The first-order chi connectivity index (χ1) is 8.81. The monoisotopic (exact) mass is 324 g/mol. The first kappa shape index (κ1) is 14.5. The van der Waals surface area contributed by atoms with Crippen molar-refractivity contribution in [1.29, 1.82) is 0 Å². The minimum Gasteiger partial charge on any atom is -0.338 e. The van der Waals surface area contributed by atoms with E-state index >= 15 is 0 Å². The predicted molar refractivity (Wildman–Crippen MR) is 81.2 cm³/mol. The molecule has 2 N–H and O–H groups in total. The van der Waals surface area contributed by atoms with Crippen LogP contribution in [-0.4, -0.2) is 29.9 Å². The summed E-state index contributed by atoms with van der Waals surface area (Å²) in [6, 6.07) is 5.92. The number of hydrogen-bond acceptors (Lipinski definition) is 2. The summed E-state index contributed by atoms with van der Waals surface area (Å²) in [4.78, 5) is 14.5. The van der Waals surface area contributed by atoms with E-state index in [-0.39, 0.29) is 17.4 Å². The molecule has 104 valence electrons. The Labute approximate surface area is 123 Å². The average Bonchev–Trinajstić information content (AvgIpc) is 2.35. The van der Waals surface area contributed by atoms with Gasteiger partial charge in [-0.15, -0.1) is 0 Å². The van der Waals surface area contributed by atoms with Crippen LogP contribution in [0.2, 0.25) is 0 Å². The fourth-order valence-corrected chi connectivity index (χ4v) is 2.75. The standard InChI is InChI=1S/C15H21BrN2O/c1-10-8-11(4-5-12(10)16)14(19)18-7-6-13(17)15(2,3)9-18/h4-5,8,13H,6-7,9,17H2,1-3H3.